The smallest absolute Gasteiger partial charge is 0.335 e. The highest BCUT2D eigenvalue weighted by molar-refractivity contribution is 5.88. The molecule has 2 aromatic carbocycles. The first-order valence-electron chi connectivity index (χ1n) is 11.0. The summed E-state index contributed by atoms with van der Waals surface area (Å²) < 4.78 is 2.21. The van der Waals surface area contributed by atoms with Crippen molar-refractivity contribution in [3.63, 3.8) is 0 Å². The Morgan fingerprint density at radius 2 is 1.52 bits per heavy atom. The predicted molar refractivity (Wildman–Crippen MR) is 128 cm³/mol. The molecule has 0 atom stereocenters. The molecule has 0 fully saturated rings. The highest BCUT2D eigenvalue weighted by atomic mass is 16.4. The van der Waals surface area contributed by atoms with Crippen LogP contribution >= 0.6 is 0 Å². The molecule has 3 heteroatoms. The lowest BCUT2D eigenvalue weighted by Gasteiger charge is -2.42. The first-order chi connectivity index (χ1) is 14.7. The fourth-order valence-electron chi connectivity index (χ4n) is 4.56. The van der Waals surface area contributed by atoms with Crippen LogP contribution in [0.2, 0.25) is 0 Å². The van der Waals surface area contributed by atoms with E-state index >= 15 is 0 Å². The maximum absolute atomic E-state index is 11.1. The Kier molecular flexibility index (Phi) is 5.38. The third-order valence-electron chi connectivity index (χ3n) is 6.74. The van der Waals surface area contributed by atoms with E-state index < -0.39 is 5.97 Å². The van der Waals surface area contributed by atoms with Gasteiger partial charge < -0.3 is 9.67 Å². The summed E-state index contributed by atoms with van der Waals surface area (Å²) >= 11 is 0. The first-order valence-corrected chi connectivity index (χ1v) is 11.0. The molecule has 1 aliphatic carbocycles. The van der Waals surface area contributed by atoms with Gasteiger partial charge in [-0.3, -0.25) is 0 Å². The Bertz CT molecular complexity index is 1120. The predicted octanol–water partition coefficient (Wildman–Crippen LogP) is 6.75. The van der Waals surface area contributed by atoms with Crippen LogP contribution in [-0.2, 0) is 17.4 Å². The van der Waals surface area contributed by atoms with Gasteiger partial charge >= 0.3 is 5.97 Å². The summed E-state index contributed by atoms with van der Waals surface area (Å²) in [7, 11) is 0. The molecule has 160 valence electrons. The summed E-state index contributed by atoms with van der Waals surface area (Å²) in [5.41, 5.74) is 7.07. The molecule has 0 radical (unpaired) electrons. The third-order valence-corrected chi connectivity index (χ3v) is 6.74. The summed E-state index contributed by atoms with van der Waals surface area (Å²) in [5.74, 6) is -0.899. The Balaban J connectivity index is 1.78. The highest BCUT2D eigenvalue weighted by Gasteiger charge is 2.37. The van der Waals surface area contributed by atoms with E-state index in [0.717, 1.165) is 12.1 Å². The molecule has 1 aliphatic rings. The third kappa shape index (κ3) is 4.36. The normalized spacial score (nSPS) is 16.9. The summed E-state index contributed by atoms with van der Waals surface area (Å²) in [6, 6.07) is 16.0. The summed E-state index contributed by atoms with van der Waals surface area (Å²) in [6.45, 7) is 10.3. The molecular formula is C28H31NO2. The van der Waals surface area contributed by atoms with Gasteiger partial charge in [-0.1, -0.05) is 64.1 Å². The van der Waals surface area contributed by atoms with Gasteiger partial charge in [0.2, 0.25) is 0 Å². The molecule has 0 aliphatic heterocycles. The van der Waals surface area contributed by atoms with Crippen LogP contribution in [0.4, 0.5) is 0 Å². The molecule has 3 nitrogen and oxygen atoms in total. The SMILES string of the molecule is CC1(C)CCC(C)(C)c2cc(Cn3cccc3)c(C=Cc3ccc(C(=O)O)cc3)cc21. The first kappa shape index (κ1) is 21.2. The van der Waals surface area contributed by atoms with Crippen molar-refractivity contribution in [1.82, 2.24) is 4.57 Å². The van der Waals surface area contributed by atoms with Crippen molar-refractivity contribution in [3.05, 3.63) is 94.3 Å². The zero-order valence-corrected chi connectivity index (χ0v) is 18.9. The van der Waals surface area contributed by atoms with E-state index in [1.807, 2.05) is 12.1 Å². The van der Waals surface area contributed by atoms with Crippen LogP contribution in [0.15, 0.2) is 60.9 Å². The van der Waals surface area contributed by atoms with Gasteiger partial charge in [0, 0.05) is 18.9 Å². The Morgan fingerprint density at radius 1 is 0.935 bits per heavy atom. The molecule has 0 saturated heterocycles. The molecule has 1 N–H and O–H groups in total. The van der Waals surface area contributed by atoms with Crippen LogP contribution in [0.3, 0.4) is 0 Å². The number of carboxylic acid groups (broad SMARTS) is 1. The second-order valence-electron chi connectivity index (χ2n) is 9.98. The number of fused-ring (bicyclic) bond motifs is 1. The highest BCUT2D eigenvalue weighted by Crippen LogP contribution is 2.46. The number of hydrogen-bond acceptors (Lipinski definition) is 1. The monoisotopic (exact) mass is 413 g/mol. The molecular weight excluding hydrogens is 382 g/mol. The zero-order chi connectivity index (χ0) is 22.2. The minimum atomic E-state index is -0.899. The average Bonchev–Trinajstić information content (AvgIpc) is 3.23. The van der Waals surface area contributed by atoms with Crippen molar-refractivity contribution in [2.24, 2.45) is 0 Å². The van der Waals surface area contributed by atoms with Crippen LogP contribution < -0.4 is 0 Å². The van der Waals surface area contributed by atoms with Crippen LogP contribution in [0.25, 0.3) is 12.2 Å². The van der Waals surface area contributed by atoms with E-state index in [0.29, 0.717) is 5.56 Å². The summed E-state index contributed by atoms with van der Waals surface area (Å²) in [5, 5.41) is 9.13. The topological polar surface area (TPSA) is 42.2 Å². The van der Waals surface area contributed by atoms with E-state index in [4.69, 9.17) is 5.11 Å². The maximum atomic E-state index is 11.1. The lowest BCUT2D eigenvalue weighted by atomic mass is 9.62. The number of aromatic nitrogens is 1. The fraction of sp³-hybridized carbons (Fsp3) is 0.321. The lowest BCUT2D eigenvalue weighted by Crippen LogP contribution is -2.34. The number of hydrogen-bond donors (Lipinski definition) is 1. The zero-order valence-electron chi connectivity index (χ0n) is 18.9. The second-order valence-corrected chi connectivity index (χ2v) is 9.98. The lowest BCUT2D eigenvalue weighted by molar-refractivity contribution is 0.0697. The molecule has 3 aromatic rings. The van der Waals surface area contributed by atoms with Gasteiger partial charge in [0.05, 0.1) is 5.56 Å². The summed E-state index contributed by atoms with van der Waals surface area (Å²) in [6.07, 6.45) is 10.8. The molecule has 4 rings (SSSR count). The maximum Gasteiger partial charge on any atom is 0.335 e. The largest absolute Gasteiger partial charge is 0.478 e. The van der Waals surface area contributed by atoms with Gasteiger partial charge in [-0.2, -0.15) is 0 Å². The molecule has 0 amide bonds. The van der Waals surface area contributed by atoms with Gasteiger partial charge in [0.25, 0.3) is 0 Å². The molecule has 1 aromatic heterocycles. The molecule has 0 bridgehead atoms. The van der Waals surface area contributed by atoms with Crippen molar-refractivity contribution >= 4 is 18.1 Å². The molecule has 0 saturated carbocycles. The van der Waals surface area contributed by atoms with Crippen LogP contribution in [0, 0.1) is 0 Å². The second kappa shape index (κ2) is 7.88. The van der Waals surface area contributed by atoms with Crippen molar-refractivity contribution in [2.75, 3.05) is 0 Å². The molecule has 0 unspecified atom stereocenters. The van der Waals surface area contributed by atoms with Gasteiger partial charge in [-0.05, 0) is 75.8 Å². The molecule has 0 spiro atoms. The van der Waals surface area contributed by atoms with Crippen LogP contribution in [-0.4, -0.2) is 15.6 Å². The number of benzene rings is 2. The minimum Gasteiger partial charge on any atom is -0.478 e. The van der Waals surface area contributed by atoms with Crippen molar-refractivity contribution in [3.8, 4) is 0 Å². The van der Waals surface area contributed by atoms with Gasteiger partial charge in [0.15, 0.2) is 0 Å². The van der Waals surface area contributed by atoms with E-state index in [2.05, 4.69) is 81.1 Å². The van der Waals surface area contributed by atoms with Crippen molar-refractivity contribution < 1.29 is 9.90 Å². The van der Waals surface area contributed by atoms with Crippen LogP contribution in [0.5, 0.6) is 0 Å². The van der Waals surface area contributed by atoms with E-state index in [1.54, 1.807) is 12.1 Å². The van der Waals surface area contributed by atoms with Crippen LogP contribution in [0.1, 0.15) is 78.7 Å². The Hall–Kier alpha value is -3.07. The fourth-order valence-corrected chi connectivity index (χ4v) is 4.56. The standard InChI is InChI=1S/C28H31NO2/c1-27(2)13-14-28(3,4)25-18-23(19-29-15-5-6-16-29)22(17-24(25)27)12-9-20-7-10-21(11-8-20)26(30)31/h5-12,15-18H,13-14,19H2,1-4H3,(H,30,31). The minimum absolute atomic E-state index is 0.155. The number of rotatable bonds is 5. The van der Waals surface area contributed by atoms with Gasteiger partial charge in [0.1, 0.15) is 0 Å². The van der Waals surface area contributed by atoms with E-state index in [-0.39, 0.29) is 10.8 Å². The van der Waals surface area contributed by atoms with Gasteiger partial charge in [-0.15, -0.1) is 0 Å². The average molecular weight is 414 g/mol. The quantitative estimate of drug-likeness (QED) is 0.470. The van der Waals surface area contributed by atoms with Gasteiger partial charge in [-0.25, -0.2) is 4.79 Å². The number of carbonyl (C=O) groups is 1. The molecule has 1 heterocycles. The Labute approximate surface area is 185 Å². The number of nitrogens with zero attached hydrogens (tertiary/aromatic N) is 1. The summed E-state index contributed by atoms with van der Waals surface area (Å²) in [4.78, 5) is 11.1. The van der Waals surface area contributed by atoms with Crippen molar-refractivity contribution in [1.29, 1.82) is 0 Å². The molecule has 31 heavy (non-hydrogen) atoms. The number of carboxylic acids is 1. The van der Waals surface area contributed by atoms with E-state index in [1.165, 1.54) is 35.1 Å². The number of aromatic carboxylic acids is 1. The Morgan fingerprint density at radius 3 is 2.10 bits per heavy atom. The van der Waals surface area contributed by atoms with E-state index in [9.17, 15) is 4.79 Å². The van der Waals surface area contributed by atoms with Crippen molar-refractivity contribution in [2.45, 2.75) is 57.9 Å².